The minimum Gasteiger partial charge on any atom is -0.135 e. The first-order valence-corrected chi connectivity index (χ1v) is 11.9. The topological polar surface area (TPSA) is 0 Å². The molecule has 0 aliphatic rings. The summed E-state index contributed by atoms with van der Waals surface area (Å²) >= 11 is 5.35. The van der Waals surface area contributed by atoms with Crippen LogP contribution in [0.25, 0.3) is 31.3 Å². The summed E-state index contributed by atoms with van der Waals surface area (Å²) in [6.07, 6.45) is 6.83. The Balaban J connectivity index is 0.000000274. The Morgan fingerprint density at radius 1 is 0.900 bits per heavy atom. The van der Waals surface area contributed by atoms with Crippen LogP contribution >= 0.6 is 27.3 Å². The third-order valence-electron chi connectivity index (χ3n) is 4.38. The molecule has 1 heterocycles. The highest BCUT2D eigenvalue weighted by molar-refractivity contribution is 9.10. The minimum atomic E-state index is 0.979. The van der Waals surface area contributed by atoms with Crippen LogP contribution in [0.1, 0.15) is 27.2 Å². The maximum absolute atomic E-state index is 3.71. The molecule has 0 aliphatic heterocycles. The molecule has 154 valence electrons. The van der Waals surface area contributed by atoms with E-state index in [0.29, 0.717) is 0 Å². The lowest BCUT2D eigenvalue weighted by molar-refractivity contribution is 1.22. The maximum Gasteiger partial charge on any atom is 0.0355 e. The van der Waals surface area contributed by atoms with Crippen LogP contribution in [-0.2, 0) is 0 Å². The molecule has 3 aromatic carbocycles. The molecule has 2 heteroatoms. The van der Waals surface area contributed by atoms with Crippen molar-refractivity contribution < 1.29 is 0 Å². The molecule has 0 nitrogen and oxygen atoms in total. The van der Waals surface area contributed by atoms with Crippen LogP contribution in [0.15, 0.2) is 108 Å². The molecule has 1 aromatic heterocycles. The van der Waals surface area contributed by atoms with Crippen molar-refractivity contribution in [1.82, 2.24) is 0 Å². The molecular weight excluding hydrogens is 448 g/mol. The number of allylic oxidation sites excluding steroid dienone is 4. The fourth-order valence-corrected chi connectivity index (χ4v) is 4.24. The highest BCUT2D eigenvalue weighted by atomic mass is 79.9. The van der Waals surface area contributed by atoms with Crippen molar-refractivity contribution in [3.05, 3.63) is 108 Å². The van der Waals surface area contributed by atoms with Gasteiger partial charge < -0.3 is 0 Å². The third-order valence-corrected chi connectivity index (χ3v) is 6.06. The average molecular weight is 478 g/mol. The maximum atomic E-state index is 3.71. The number of hydrogen-bond donors (Lipinski definition) is 0. The summed E-state index contributed by atoms with van der Waals surface area (Å²) in [5.41, 5.74) is 3.51. The highest BCUT2D eigenvalue weighted by Crippen LogP contribution is 2.36. The predicted octanol–water partition coefficient (Wildman–Crippen LogP) is 10.2. The van der Waals surface area contributed by atoms with Crippen LogP contribution in [0.3, 0.4) is 0 Å². The zero-order valence-corrected chi connectivity index (χ0v) is 20.4. The van der Waals surface area contributed by atoms with Crippen LogP contribution in [0.5, 0.6) is 0 Å². The monoisotopic (exact) mass is 476 g/mol. The molecule has 4 rings (SSSR count). The van der Waals surface area contributed by atoms with Gasteiger partial charge in [0.15, 0.2) is 0 Å². The van der Waals surface area contributed by atoms with Crippen LogP contribution in [-0.4, -0.2) is 0 Å². The van der Waals surface area contributed by atoms with Gasteiger partial charge >= 0.3 is 0 Å². The van der Waals surface area contributed by atoms with Crippen molar-refractivity contribution in [2.24, 2.45) is 0 Å². The van der Waals surface area contributed by atoms with Crippen molar-refractivity contribution in [1.29, 1.82) is 0 Å². The van der Waals surface area contributed by atoms with E-state index in [1.807, 2.05) is 31.3 Å². The molecule has 0 N–H and O–H groups in total. The average Bonchev–Trinajstić information content (AvgIpc) is 3.17. The molecule has 4 aromatic rings. The molecule has 0 fully saturated rings. The van der Waals surface area contributed by atoms with Crippen molar-refractivity contribution in [3.8, 4) is 11.1 Å². The summed E-state index contributed by atoms with van der Waals surface area (Å²) in [6.45, 7) is 13.4. The highest BCUT2D eigenvalue weighted by Gasteiger charge is 2.06. The summed E-state index contributed by atoms with van der Waals surface area (Å²) in [5, 5.41) is 2.71. The fraction of sp³-hybridized carbons (Fsp3) is 0.143. The Hall–Kier alpha value is -2.42. The van der Waals surface area contributed by atoms with E-state index < -0.39 is 0 Å². The smallest absolute Gasteiger partial charge is 0.0355 e. The molecular formula is C28H29BrS. The van der Waals surface area contributed by atoms with Crippen molar-refractivity contribution in [3.63, 3.8) is 0 Å². The van der Waals surface area contributed by atoms with Gasteiger partial charge in [0.1, 0.15) is 0 Å². The number of thiophene rings is 1. The molecule has 0 bridgehead atoms. The van der Waals surface area contributed by atoms with Crippen LogP contribution in [0, 0.1) is 0 Å². The Labute approximate surface area is 193 Å². The second-order valence-electron chi connectivity index (χ2n) is 6.41. The number of rotatable bonds is 4. The van der Waals surface area contributed by atoms with E-state index in [4.69, 9.17) is 0 Å². The predicted molar refractivity (Wildman–Crippen MR) is 143 cm³/mol. The van der Waals surface area contributed by atoms with Crippen LogP contribution in [0.4, 0.5) is 0 Å². The third kappa shape index (κ3) is 6.29. The standard InChI is InChI=1S/C18H11BrS.C8H12.C2H6/c19-14-8-5-12(6-9-14)13-7-10-18-16(11-13)15-3-1-2-4-17(15)20-18;1-4-6-7-8(3)5-2;1-2/h1-11H;5-7H,2-4H2,1H3;1-2H3/b;7-6-;. The minimum absolute atomic E-state index is 0.979. The number of fused-ring (bicyclic) bond motifs is 3. The van der Waals surface area contributed by atoms with Gasteiger partial charge in [-0.2, -0.15) is 0 Å². The first kappa shape index (κ1) is 23.9. The Kier molecular flexibility index (Phi) is 9.79. The first-order chi connectivity index (χ1) is 14.6. The van der Waals surface area contributed by atoms with Crippen LogP contribution < -0.4 is 0 Å². The van der Waals surface area contributed by atoms with E-state index in [1.54, 1.807) is 6.08 Å². The van der Waals surface area contributed by atoms with Gasteiger partial charge in [0.2, 0.25) is 0 Å². The summed E-state index contributed by atoms with van der Waals surface area (Å²) in [7, 11) is 0. The molecule has 0 saturated heterocycles. The number of halogens is 1. The first-order valence-electron chi connectivity index (χ1n) is 10.3. The molecule has 0 saturated carbocycles. The molecule has 0 radical (unpaired) electrons. The molecule has 0 atom stereocenters. The van der Waals surface area contributed by atoms with E-state index in [0.717, 1.165) is 16.5 Å². The second kappa shape index (κ2) is 12.3. The van der Waals surface area contributed by atoms with Gasteiger partial charge in [0, 0.05) is 24.6 Å². The van der Waals surface area contributed by atoms with Crippen molar-refractivity contribution in [2.75, 3.05) is 0 Å². The summed E-state index contributed by atoms with van der Waals surface area (Å²) in [4.78, 5) is 0. The van der Waals surface area contributed by atoms with Crippen molar-refractivity contribution in [2.45, 2.75) is 27.2 Å². The molecule has 0 spiro atoms. The van der Waals surface area contributed by atoms with Gasteiger partial charge in [0.05, 0.1) is 0 Å². The zero-order valence-electron chi connectivity index (χ0n) is 18.0. The van der Waals surface area contributed by atoms with Gasteiger partial charge in [-0.05, 0) is 53.5 Å². The SMILES string of the molecule is Brc1ccc(-c2ccc3sc4ccccc4c3c2)cc1.C=CC(=C)/C=C\CC.CC. The molecule has 0 unspecified atom stereocenters. The summed E-state index contributed by atoms with van der Waals surface area (Å²) in [5.74, 6) is 0. The van der Waals surface area contributed by atoms with E-state index >= 15 is 0 Å². The van der Waals surface area contributed by atoms with E-state index in [1.165, 1.54) is 31.3 Å². The van der Waals surface area contributed by atoms with Gasteiger partial charge in [-0.3, -0.25) is 0 Å². The van der Waals surface area contributed by atoms with E-state index in [-0.39, 0.29) is 0 Å². The van der Waals surface area contributed by atoms with Gasteiger partial charge in [-0.15, -0.1) is 11.3 Å². The normalized spacial score (nSPS) is 10.3. The number of hydrogen-bond acceptors (Lipinski definition) is 1. The van der Waals surface area contributed by atoms with E-state index in [2.05, 4.69) is 109 Å². The Bertz CT molecular complexity index is 1130. The fourth-order valence-electron chi connectivity index (χ4n) is 2.89. The second-order valence-corrected chi connectivity index (χ2v) is 8.41. The lowest BCUT2D eigenvalue weighted by Crippen LogP contribution is -1.77. The number of benzene rings is 3. The van der Waals surface area contributed by atoms with E-state index in [9.17, 15) is 0 Å². The lowest BCUT2D eigenvalue weighted by atomic mass is 10.0. The largest absolute Gasteiger partial charge is 0.135 e. The van der Waals surface area contributed by atoms with Gasteiger partial charge in [0.25, 0.3) is 0 Å². The summed E-state index contributed by atoms with van der Waals surface area (Å²) in [6, 6.07) is 23.8. The van der Waals surface area contributed by atoms with Gasteiger partial charge in [-0.1, -0.05) is 104 Å². The molecule has 0 aliphatic carbocycles. The lowest BCUT2D eigenvalue weighted by Gasteiger charge is -2.02. The Morgan fingerprint density at radius 2 is 1.53 bits per heavy atom. The zero-order chi connectivity index (χ0) is 21.9. The van der Waals surface area contributed by atoms with Gasteiger partial charge in [-0.25, -0.2) is 0 Å². The van der Waals surface area contributed by atoms with Crippen LogP contribution in [0.2, 0.25) is 0 Å². The molecule has 0 amide bonds. The quantitative estimate of drug-likeness (QED) is 0.257. The van der Waals surface area contributed by atoms with Crippen molar-refractivity contribution >= 4 is 47.4 Å². The summed E-state index contributed by atoms with van der Waals surface area (Å²) < 4.78 is 3.82. The Morgan fingerprint density at radius 3 is 2.20 bits per heavy atom. The molecule has 30 heavy (non-hydrogen) atoms.